The molecular formula is C20H24N4O2S. The summed E-state index contributed by atoms with van der Waals surface area (Å²) in [6, 6.07) is 16.3. The van der Waals surface area contributed by atoms with Gasteiger partial charge in [0.05, 0.1) is 11.4 Å². The van der Waals surface area contributed by atoms with Crippen LogP contribution in [0, 0.1) is 6.92 Å². The number of likely N-dealkylation sites (N-methyl/N-ethyl adjacent to an activating group) is 1. The molecule has 0 saturated carbocycles. The van der Waals surface area contributed by atoms with Crippen LogP contribution in [0.5, 0.6) is 0 Å². The molecule has 0 aliphatic carbocycles. The molecule has 0 unspecified atom stereocenters. The number of anilines is 1. The quantitative estimate of drug-likeness (QED) is 0.679. The Kier molecular flexibility index (Phi) is 5.62. The van der Waals surface area contributed by atoms with Crippen LogP contribution < -0.4 is 4.72 Å². The first-order chi connectivity index (χ1) is 12.8. The normalized spacial score (nSPS) is 11.7. The Morgan fingerprint density at radius 2 is 1.70 bits per heavy atom. The summed E-state index contributed by atoms with van der Waals surface area (Å²) in [5.41, 5.74) is 2.82. The van der Waals surface area contributed by atoms with E-state index in [4.69, 9.17) is 0 Å². The van der Waals surface area contributed by atoms with E-state index in [1.165, 1.54) is 0 Å². The molecule has 0 fully saturated rings. The van der Waals surface area contributed by atoms with Crippen LogP contribution in [0.4, 0.5) is 5.82 Å². The molecule has 142 valence electrons. The van der Waals surface area contributed by atoms with Gasteiger partial charge < -0.3 is 4.90 Å². The zero-order valence-electron chi connectivity index (χ0n) is 15.8. The molecule has 27 heavy (non-hydrogen) atoms. The van der Waals surface area contributed by atoms with E-state index in [0.717, 1.165) is 23.2 Å². The molecule has 6 nitrogen and oxygen atoms in total. The lowest BCUT2D eigenvalue weighted by Crippen LogP contribution is -2.19. The van der Waals surface area contributed by atoms with E-state index in [0.29, 0.717) is 12.4 Å². The predicted molar refractivity (Wildman–Crippen MR) is 108 cm³/mol. The third-order valence-corrected chi connectivity index (χ3v) is 5.54. The van der Waals surface area contributed by atoms with Crippen LogP contribution in [-0.4, -0.2) is 43.7 Å². The van der Waals surface area contributed by atoms with Crippen molar-refractivity contribution in [3.8, 4) is 11.1 Å². The minimum atomic E-state index is -3.71. The molecule has 0 aliphatic heterocycles. The van der Waals surface area contributed by atoms with Gasteiger partial charge in [0, 0.05) is 18.3 Å². The summed E-state index contributed by atoms with van der Waals surface area (Å²) in [5, 5.41) is 4.49. The highest BCUT2D eigenvalue weighted by molar-refractivity contribution is 7.92. The molecule has 0 aliphatic rings. The summed E-state index contributed by atoms with van der Waals surface area (Å²) < 4.78 is 29.9. The summed E-state index contributed by atoms with van der Waals surface area (Å²) in [6.45, 7) is 3.49. The van der Waals surface area contributed by atoms with Gasteiger partial charge in [-0.05, 0) is 38.7 Å². The van der Waals surface area contributed by atoms with Crippen molar-refractivity contribution in [1.82, 2.24) is 14.7 Å². The van der Waals surface area contributed by atoms with E-state index < -0.39 is 10.0 Å². The van der Waals surface area contributed by atoms with Crippen molar-refractivity contribution in [3.05, 3.63) is 66.4 Å². The second-order valence-corrected chi connectivity index (χ2v) is 8.42. The number of aromatic nitrogens is 2. The van der Waals surface area contributed by atoms with Gasteiger partial charge in [-0.25, -0.2) is 8.42 Å². The SMILES string of the molecule is Cc1ccc(-c2cn(CCN(C)C)nc2NS(=O)(=O)c2ccccc2)cc1. The third kappa shape index (κ3) is 4.75. The van der Waals surface area contributed by atoms with Crippen molar-refractivity contribution in [1.29, 1.82) is 0 Å². The van der Waals surface area contributed by atoms with Crippen molar-refractivity contribution in [3.63, 3.8) is 0 Å². The van der Waals surface area contributed by atoms with Gasteiger partial charge >= 0.3 is 0 Å². The lowest BCUT2D eigenvalue weighted by atomic mass is 10.1. The predicted octanol–water partition coefficient (Wildman–Crippen LogP) is 3.22. The van der Waals surface area contributed by atoms with Crippen LogP contribution in [0.1, 0.15) is 5.56 Å². The molecule has 3 aromatic rings. The molecule has 7 heteroatoms. The zero-order chi connectivity index (χ0) is 19.4. The first-order valence-electron chi connectivity index (χ1n) is 8.72. The van der Waals surface area contributed by atoms with Crippen molar-refractivity contribution in [2.75, 3.05) is 25.4 Å². The minimum absolute atomic E-state index is 0.211. The fourth-order valence-electron chi connectivity index (χ4n) is 2.64. The van der Waals surface area contributed by atoms with Gasteiger partial charge in [-0.2, -0.15) is 5.10 Å². The molecular weight excluding hydrogens is 360 g/mol. The molecule has 0 atom stereocenters. The van der Waals surface area contributed by atoms with Crippen LogP contribution in [-0.2, 0) is 16.6 Å². The van der Waals surface area contributed by atoms with E-state index >= 15 is 0 Å². The van der Waals surface area contributed by atoms with Gasteiger partial charge in [-0.15, -0.1) is 0 Å². The maximum absolute atomic E-state index is 12.7. The van der Waals surface area contributed by atoms with Crippen molar-refractivity contribution in [2.24, 2.45) is 0 Å². The minimum Gasteiger partial charge on any atom is -0.308 e. The van der Waals surface area contributed by atoms with Crippen LogP contribution in [0.25, 0.3) is 11.1 Å². The molecule has 0 radical (unpaired) electrons. The summed E-state index contributed by atoms with van der Waals surface area (Å²) >= 11 is 0. The maximum Gasteiger partial charge on any atom is 0.263 e. The van der Waals surface area contributed by atoms with Gasteiger partial charge in [-0.1, -0.05) is 48.0 Å². The Labute approximate surface area is 160 Å². The Bertz CT molecular complexity index is 994. The van der Waals surface area contributed by atoms with Crippen LogP contribution in [0.3, 0.4) is 0 Å². The van der Waals surface area contributed by atoms with Crippen LogP contribution in [0.2, 0.25) is 0 Å². The average molecular weight is 385 g/mol. The van der Waals surface area contributed by atoms with Gasteiger partial charge in [-0.3, -0.25) is 9.40 Å². The molecule has 0 saturated heterocycles. The Hall–Kier alpha value is -2.64. The van der Waals surface area contributed by atoms with Gasteiger partial charge in [0.2, 0.25) is 0 Å². The standard InChI is InChI=1S/C20H24N4O2S/c1-16-9-11-17(12-10-16)19-15-24(14-13-23(2)3)21-20(19)22-27(25,26)18-7-5-4-6-8-18/h4-12,15H,13-14H2,1-3H3,(H,21,22). The maximum atomic E-state index is 12.7. The first-order valence-corrected chi connectivity index (χ1v) is 10.2. The monoisotopic (exact) mass is 384 g/mol. The Balaban J connectivity index is 1.98. The molecule has 1 heterocycles. The molecule has 0 spiro atoms. The van der Waals surface area contributed by atoms with Crippen molar-refractivity contribution < 1.29 is 8.42 Å². The van der Waals surface area contributed by atoms with Gasteiger partial charge in [0.25, 0.3) is 10.0 Å². The highest BCUT2D eigenvalue weighted by atomic mass is 32.2. The van der Waals surface area contributed by atoms with E-state index in [1.54, 1.807) is 35.0 Å². The molecule has 0 bridgehead atoms. The Morgan fingerprint density at radius 1 is 1.04 bits per heavy atom. The van der Waals surface area contributed by atoms with Crippen LogP contribution >= 0.6 is 0 Å². The topological polar surface area (TPSA) is 67.2 Å². The summed E-state index contributed by atoms with van der Waals surface area (Å²) in [5.74, 6) is 0.335. The van der Waals surface area contributed by atoms with E-state index in [1.807, 2.05) is 51.5 Å². The smallest absolute Gasteiger partial charge is 0.263 e. The molecule has 0 amide bonds. The van der Waals surface area contributed by atoms with E-state index in [2.05, 4.69) is 14.7 Å². The molecule has 2 aromatic carbocycles. The number of hydrogen-bond donors (Lipinski definition) is 1. The highest BCUT2D eigenvalue weighted by Gasteiger charge is 2.19. The van der Waals surface area contributed by atoms with E-state index in [9.17, 15) is 8.42 Å². The molecule has 3 rings (SSSR count). The fourth-order valence-corrected chi connectivity index (χ4v) is 3.68. The number of sulfonamides is 1. The summed E-state index contributed by atoms with van der Waals surface area (Å²) in [7, 11) is 0.273. The fraction of sp³-hybridized carbons (Fsp3) is 0.250. The number of benzene rings is 2. The largest absolute Gasteiger partial charge is 0.308 e. The number of nitrogens with one attached hydrogen (secondary N) is 1. The van der Waals surface area contributed by atoms with Crippen molar-refractivity contribution in [2.45, 2.75) is 18.4 Å². The highest BCUT2D eigenvalue weighted by Crippen LogP contribution is 2.29. The molecule has 1 aromatic heterocycles. The number of nitrogens with zero attached hydrogens (tertiary/aromatic N) is 3. The van der Waals surface area contributed by atoms with Crippen molar-refractivity contribution >= 4 is 15.8 Å². The average Bonchev–Trinajstić information content (AvgIpc) is 3.03. The zero-order valence-corrected chi connectivity index (χ0v) is 16.6. The summed E-state index contributed by atoms with van der Waals surface area (Å²) in [6.07, 6.45) is 1.89. The van der Waals surface area contributed by atoms with Gasteiger partial charge in [0.1, 0.15) is 0 Å². The molecule has 1 N–H and O–H groups in total. The number of rotatable bonds is 7. The number of aryl methyl sites for hydroxylation is 1. The number of hydrogen-bond acceptors (Lipinski definition) is 4. The lowest BCUT2D eigenvalue weighted by molar-refractivity contribution is 0.373. The van der Waals surface area contributed by atoms with Crippen LogP contribution in [0.15, 0.2) is 65.7 Å². The second-order valence-electron chi connectivity index (χ2n) is 6.74. The van der Waals surface area contributed by atoms with E-state index in [-0.39, 0.29) is 4.90 Å². The van der Waals surface area contributed by atoms with Gasteiger partial charge in [0.15, 0.2) is 5.82 Å². The Morgan fingerprint density at radius 3 is 2.33 bits per heavy atom. The second kappa shape index (κ2) is 7.94. The summed E-state index contributed by atoms with van der Waals surface area (Å²) in [4.78, 5) is 2.27. The third-order valence-electron chi connectivity index (χ3n) is 4.19. The lowest BCUT2D eigenvalue weighted by Gasteiger charge is -2.09. The first kappa shape index (κ1) is 19.1.